The number of hydrogen-bond acceptors (Lipinski definition) is 20. The summed E-state index contributed by atoms with van der Waals surface area (Å²) in [7, 11) is 0. The normalized spacial score (nSPS) is 11.0. The number of aliphatic hydroxyl groups excluding tert-OH is 1. The van der Waals surface area contributed by atoms with E-state index in [0.29, 0.717) is 54.6 Å². The quantitative estimate of drug-likeness (QED) is 0.0232. The predicted molar refractivity (Wildman–Crippen MR) is 284 cm³/mol. The molecule has 75 heavy (non-hydrogen) atoms. The predicted octanol–water partition coefficient (Wildman–Crippen LogP) is 3.92. The molecule has 0 aliphatic carbocycles. The molecule has 8 N–H and O–H groups in total. The van der Waals surface area contributed by atoms with Crippen LogP contribution in [0.5, 0.6) is 6.01 Å². The Morgan fingerprint density at radius 1 is 0.733 bits per heavy atom. The number of carboxylic acid groups (broad SMARTS) is 1. The van der Waals surface area contributed by atoms with Crippen molar-refractivity contribution < 1.29 is 62.7 Å². The number of carboxylic acids is 1. The molecular formula is C48H64IN11O15. The van der Waals surface area contributed by atoms with Gasteiger partial charge in [-0.1, -0.05) is 87.4 Å². The number of carbonyl (C=O) groups is 6. The summed E-state index contributed by atoms with van der Waals surface area (Å²) in [5, 5.41) is 22.6. The fraction of sp³-hybridized carbons (Fsp3) is 0.417. The Balaban J connectivity index is 0.000000366. The maximum absolute atomic E-state index is 12.4. The van der Waals surface area contributed by atoms with Crippen molar-refractivity contribution in [1.29, 1.82) is 0 Å². The number of carbonyl (C=O) groups excluding carboxylic acids is 5. The van der Waals surface area contributed by atoms with E-state index in [9.17, 15) is 38.4 Å². The fourth-order valence-electron chi connectivity index (χ4n) is 5.96. The molecule has 27 heteroatoms. The van der Waals surface area contributed by atoms with E-state index < -0.39 is 49.3 Å². The summed E-state index contributed by atoms with van der Waals surface area (Å²) < 4.78 is 26.3. The van der Waals surface area contributed by atoms with Crippen molar-refractivity contribution in [3.8, 4) is 6.01 Å². The van der Waals surface area contributed by atoms with Crippen molar-refractivity contribution in [1.82, 2.24) is 39.0 Å². The SMILES string of the molecule is CC(OC(=O)C(C)OC(=O)COC(=O)CO)C(=O)O.CCCCNc1nc(N)c2[nH]c(=O)n(Cc3ccccc3)c2n1.CCCCOc1nc(NC(C)=O)c2[nH]c(=O)n(Cc3ccccc3)c2n1.CCOC(C)=O.I. The summed E-state index contributed by atoms with van der Waals surface area (Å²) >= 11 is 0. The number of fused-ring (bicyclic) bond motifs is 2. The first-order chi connectivity index (χ1) is 35.3. The number of amides is 1. The zero-order chi connectivity index (χ0) is 54.7. The number of hydrogen-bond donors (Lipinski definition) is 7. The molecule has 2 unspecified atom stereocenters. The summed E-state index contributed by atoms with van der Waals surface area (Å²) in [6.07, 6.45) is 1.21. The number of aromatic nitrogens is 8. The van der Waals surface area contributed by atoms with Crippen LogP contribution in [0.3, 0.4) is 0 Å². The van der Waals surface area contributed by atoms with Gasteiger partial charge in [0.2, 0.25) is 11.9 Å². The van der Waals surface area contributed by atoms with Crippen molar-refractivity contribution in [2.45, 2.75) is 99.4 Å². The minimum Gasteiger partial charge on any atom is -0.479 e. The smallest absolute Gasteiger partial charge is 0.347 e. The maximum Gasteiger partial charge on any atom is 0.347 e. The average Bonchev–Trinajstić information content (AvgIpc) is 3.85. The number of nitrogens with two attached hydrogens (primary N) is 1. The van der Waals surface area contributed by atoms with Crippen LogP contribution < -0.4 is 32.5 Å². The molecule has 0 aliphatic rings. The molecule has 2 aromatic carbocycles. The molecule has 2 atom stereocenters. The van der Waals surface area contributed by atoms with E-state index in [1.807, 2.05) is 60.7 Å². The van der Waals surface area contributed by atoms with E-state index in [4.69, 9.17) is 20.7 Å². The van der Waals surface area contributed by atoms with E-state index in [-0.39, 0.29) is 64.9 Å². The van der Waals surface area contributed by atoms with Crippen molar-refractivity contribution in [3.05, 3.63) is 92.8 Å². The number of rotatable bonds is 21. The number of nitrogens with one attached hydrogen (secondary N) is 4. The third kappa shape index (κ3) is 21.6. The second-order valence-corrected chi connectivity index (χ2v) is 15.6. The molecule has 6 rings (SSSR count). The molecule has 6 aromatic rings. The van der Waals surface area contributed by atoms with Crippen LogP contribution in [-0.2, 0) is 60.8 Å². The standard InChI is InChI=1S/C18H21N5O3.C16H20N6O.C10H14O9.C4H8O2.HI/c1-3-4-10-26-17-21-15(19-12(2)24)14-16(22-17)23(18(25)20-14)11-13-8-6-5-7-9-13;1-2-3-9-18-15-20-13(17)12-14(21-15)22(16(23)19-12)10-11-7-5-4-6-8-11;1-5(9(14)15)19-10(16)6(2)18-8(13)4-17-7(12)3-11;1-3-6-4(2)5;/h5-9H,3-4,10-11H2,1-2H3,(H,20,25)(H,19,21,22,24);4-8H,2-3,9-10H2,1H3,(H,19,23)(H3,17,18,20,21);5-6,11H,3-4H2,1-2H3,(H,14,15);3H2,1-2H3;1H. The van der Waals surface area contributed by atoms with Crippen LogP contribution in [0.25, 0.3) is 22.3 Å². The molecule has 0 saturated carbocycles. The second-order valence-electron chi connectivity index (χ2n) is 15.6. The fourth-order valence-corrected chi connectivity index (χ4v) is 5.96. The molecule has 26 nitrogen and oxygen atoms in total. The van der Waals surface area contributed by atoms with Crippen molar-refractivity contribution in [2.75, 3.05) is 49.3 Å². The Hall–Kier alpha value is -7.95. The van der Waals surface area contributed by atoms with Gasteiger partial charge in [-0.05, 0) is 44.7 Å². The van der Waals surface area contributed by atoms with Crippen LogP contribution in [-0.4, -0.2) is 130 Å². The minimum absolute atomic E-state index is 0. The Bertz CT molecular complexity index is 2910. The van der Waals surface area contributed by atoms with Crippen molar-refractivity contribution in [3.63, 3.8) is 0 Å². The number of nitrogen functional groups attached to an aromatic ring is 1. The van der Waals surface area contributed by atoms with Crippen LogP contribution in [0, 0.1) is 0 Å². The topological polar surface area (TPSA) is 366 Å². The molecule has 408 valence electrons. The molecule has 4 heterocycles. The molecule has 0 saturated heterocycles. The number of benzene rings is 2. The van der Waals surface area contributed by atoms with Crippen molar-refractivity contribution >= 4 is 99.6 Å². The summed E-state index contributed by atoms with van der Waals surface area (Å²) in [6, 6.07) is 19.5. The maximum atomic E-state index is 12.4. The van der Waals surface area contributed by atoms with Gasteiger partial charge in [0, 0.05) is 20.4 Å². The van der Waals surface area contributed by atoms with Gasteiger partial charge in [0.05, 0.1) is 26.3 Å². The van der Waals surface area contributed by atoms with Gasteiger partial charge < -0.3 is 60.2 Å². The highest BCUT2D eigenvalue weighted by atomic mass is 127. The lowest BCUT2D eigenvalue weighted by molar-refractivity contribution is -0.177. The van der Waals surface area contributed by atoms with Gasteiger partial charge in [0.25, 0.3) is 0 Å². The Labute approximate surface area is 447 Å². The van der Waals surface area contributed by atoms with Crippen LogP contribution in [0.4, 0.5) is 17.6 Å². The number of anilines is 3. The lowest BCUT2D eigenvalue weighted by Gasteiger charge is -2.14. The first kappa shape index (κ1) is 63.2. The van der Waals surface area contributed by atoms with Gasteiger partial charge in [-0.25, -0.2) is 28.8 Å². The molecular weight excluding hydrogens is 1100 g/mol. The van der Waals surface area contributed by atoms with Crippen LogP contribution in [0.15, 0.2) is 70.3 Å². The number of aliphatic hydroxyl groups is 1. The number of halogens is 1. The van der Waals surface area contributed by atoms with Gasteiger partial charge >= 0.3 is 47.2 Å². The molecule has 0 bridgehead atoms. The van der Waals surface area contributed by atoms with E-state index in [0.717, 1.165) is 50.3 Å². The zero-order valence-corrected chi connectivity index (χ0v) is 44.9. The Morgan fingerprint density at radius 3 is 1.79 bits per heavy atom. The number of nitrogens with zero attached hydrogens (tertiary/aromatic N) is 6. The van der Waals surface area contributed by atoms with E-state index in [1.165, 1.54) is 25.3 Å². The third-order valence-corrected chi connectivity index (χ3v) is 9.57. The van der Waals surface area contributed by atoms with E-state index >= 15 is 0 Å². The summed E-state index contributed by atoms with van der Waals surface area (Å²) in [4.78, 5) is 112. The number of imidazole rings is 2. The first-order valence-electron chi connectivity index (χ1n) is 23.3. The monoisotopic (exact) mass is 1160 g/mol. The largest absolute Gasteiger partial charge is 0.479 e. The summed E-state index contributed by atoms with van der Waals surface area (Å²) in [5.74, 6) is -3.99. The lowest BCUT2D eigenvalue weighted by atomic mass is 10.2. The number of aliphatic carboxylic acids is 1. The number of unbranched alkanes of at least 4 members (excludes halogenated alkanes) is 2. The highest BCUT2D eigenvalue weighted by molar-refractivity contribution is 14.0. The number of H-pyrrole nitrogens is 2. The first-order valence-corrected chi connectivity index (χ1v) is 23.3. The lowest BCUT2D eigenvalue weighted by Crippen LogP contribution is -2.33. The Morgan fingerprint density at radius 2 is 1.29 bits per heavy atom. The molecule has 1 amide bonds. The average molecular weight is 1160 g/mol. The highest BCUT2D eigenvalue weighted by Gasteiger charge is 2.25. The Kier molecular flexibility index (Phi) is 27.8. The molecule has 0 fully saturated rings. The second kappa shape index (κ2) is 33.0. The number of aromatic amines is 2. The number of esters is 4. The highest BCUT2D eigenvalue weighted by Crippen LogP contribution is 2.22. The molecule has 0 radical (unpaired) electrons. The van der Waals surface area contributed by atoms with E-state index in [2.05, 4.69) is 73.3 Å². The zero-order valence-electron chi connectivity index (χ0n) is 42.6. The van der Waals surface area contributed by atoms with Gasteiger partial charge in [0.1, 0.15) is 17.6 Å². The van der Waals surface area contributed by atoms with Gasteiger partial charge in [-0.3, -0.25) is 18.7 Å². The van der Waals surface area contributed by atoms with Crippen LogP contribution in [0.1, 0.15) is 85.3 Å². The summed E-state index contributed by atoms with van der Waals surface area (Å²) in [5.41, 5.74) is 9.15. The third-order valence-electron chi connectivity index (χ3n) is 9.57. The molecule has 0 aliphatic heterocycles. The van der Waals surface area contributed by atoms with Crippen molar-refractivity contribution in [2.24, 2.45) is 0 Å². The molecule has 4 aromatic heterocycles. The van der Waals surface area contributed by atoms with Gasteiger partial charge in [0.15, 0.2) is 41.7 Å². The summed E-state index contributed by atoms with van der Waals surface area (Å²) in [6.45, 7) is 11.9. The van der Waals surface area contributed by atoms with Crippen LogP contribution >= 0.6 is 24.0 Å². The minimum atomic E-state index is -1.37. The van der Waals surface area contributed by atoms with E-state index in [1.54, 1.807) is 11.5 Å². The number of ether oxygens (including phenoxy) is 5. The van der Waals surface area contributed by atoms with Gasteiger partial charge in [-0.2, -0.15) is 19.9 Å². The molecule has 0 spiro atoms. The van der Waals surface area contributed by atoms with Gasteiger partial charge in [-0.15, -0.1) is 24.0 Å². The van der Waals surface area contributed by atoms with Crippen LogP contribution in [0.2, 0.25) is 0 Å².